The normalized spacial score (nSPS) is 12.0. The molecule has 0 aromatic heterocycles. The molecule has 0 aromatic rings. The van der Waals surface area contributed by atoms with Gasteiger partial charge in [-0.05, 0) is 33.6 Å². The first-order chi connectivity index (χ1) is 22.7. The van der Waals surface area contributed by atoms with E-state index < -0.39 is 8.80 Å². The topological polar surface area (TPSA) is 47.9 Å². The first kappa shape index (κ1) is 46.1. The summed E-state index contributed by atoms with van der Waals surface area (Å²) < 4.78 is 17.9. The van der Waals surface area contributed by atoms with Crippen LogP contribution >= 0.6 is 0 Å². The Labute approximate surface area is 291 Å². The van der Waals surface area contributed by atoms with Gasteiger partial charge in [-0.15, -0.1) is 0 Å². The average molecular weight is 671 g/mol. The number of hydrogen-bond acceptors (Lipinski definition) is 4. The molecule has 0 aliphatic carbocycles. The molecule has 0 unspecified atom stereocenters. The van der Waals surface area contributed by atoms with Gasteiger partial charge >= 0.3 is 8.80 Å². The Balaban J connectivity index is 3.22. The summed E-state index contributed by atoms with van der Waals surface area (Å²) in [7, 11) is -2.42. The molecule has 0 amide bonds. The van der Waals surface area contributed by atoms with Crippen LogP contribution in [0.5, 0.6) is 0 Å². The van der Waals surface area contributed by atoms with Gasteiger partial charge in [-0.1, -0.05) is 199 Å². The van der Waals surface area contributed by atoms with Crippen LogP contribution in [-0.2, 0) is 13.3 Å². The molecular weight excluding hydrogens is 585 g/mol. The third-order valence-corrected chi connectivity index (χ3v) is 12.9. The highest BCUT2D eigenvalue weighted by molar-refractivity contribution is 6.60. The molecule has 0 fully saturated rings. The van der Waals surface area contributed by atoms with Gasteiger partial charge < -0.3 is 18.4 Å². The van der Waals surface area contributed by atoms with Gasteiger partial charge in [-0.2, -0.15) is 0 Å². The molecule has 1 N–H and O–H groups in total. The van der Waals surface area contributed by atoms with Gasteiger partial charge in [0.25, 0.3) is 0 Å². The quantitative estimate of drug-likeness (QED) is 0.0519. The Kier molecular flexibility index (Phi) is 39.5. The maximum atomic E-state index is 8.80. The second-order valence-electron chi connectivity index (χ2n) is 14.1. The standard InChI is InChI=1S/C41H86O4Si/c1-4-43-46(44-5-2,45-6-3)41-39-37-35-33-31-29-27-25-23-21-19-17-15-13-11-9-7-8-10-12-14-16-18-20-22-24-26-28-30-32-34-36-38-40-42/h42H,4-41H2,1-3H3. The third-order valence-electron chi connectivity index (χ3n) is 9.73. The molecule has 5 heteroatoms. The van der Waals surface area contributed by atoms with Gasteiger partial charge in [0.1, 0.15) is 0 Å². The van der Waals surface area contributed by atoms with Gasteiger partial charge in [-0.25, -0.2) is 0 Å². The highest BCUT2D eigenvalue weighted by Gasteiger charge is 2.39. The summed E-state index contributed by atoms with van der Waals surface area (Å²) >= 11 is 0. The highest BCUT2D eigenvalue weighted by atomic mass is 28.4. The van der Waals surface area contributed by atoms with Crippen molar-refractivity contribution >= 4 is 8.80 Å². The molecule has 0 bridgehead atoms. The molecule has 0 heterocycles. The third kappa shape index (κ3) is 33.9. The summed E-state index contributed by atoms with van der Waals surface area (Å²) in [5, 5.41) is 8.80. The Morgan fingerprint density at radius 2 is 0.457 bits per heavy atom. The fourth-order valence-electron chi connectivity index (χ4n) is 6.93. The molecule has 0 atom stereocenters. The summed E-state index contributed by atoms with van der Waals surface area (Å²) in [5.41, 5.74) is 0. The van der Waals surface area contributed by atoms with Gasteiger partial charge in [0.15, 0.2) is 0 Å². The zero-order valence-corrected chi connectivity index (χ0v) is 33.0. The van der Waals surface area contributed by atoms with Crippen LogP contribution < -0.4 is 0 Å². The van der Waals surface area contributed by atoms with E-state index >= 15 is 0 Å². The van der Waals surface area contributed by atoms with Crippen LogP contribution in [0.2, 0.25) is 6.04 Å². The zero-order valence-electron chi connectivity index (χ0n) is 32.0. The minimum Gasteiger partial charge on any atom is -0.396 e. The van der Waals surface area contributed by atoms with E-state index in [0.29, 0.717) is 26.4 Å². The van der Waals surface area contributed by atoms with Crippen molar-refractivity contribution in [1.29, 1.82) is 0 Å². The fourth-order valence-corrected chi connectivity index (χ4v) is 9.62. The predicted octanol–water partition coefficient (Wildman–Crippen LogP) is 13.9. The molecule has 0 aliphatic rings. The van der Waals surface area contributed by atoms with Crippen molar-refractivity contribution in [2.24, 2.45) is 0 Å². The minimum atomic E-state index is -2.42. The van der Waals surface area contributed by atoms with Crippen LogP contribution in [0.1, 0.15) is 233 Å². The van der Waals surface area contributed by atoms with Crippen molar-refractivity contribution in [3.63, 3.8) is 0 Å². The lowest BCUT2D eigenvalue weighted by molar-refractivity contribution is 0.0706. The second kappa shape index (κ2) is 39.5. The maximum Gasteiger partial charge on any atom is 0.500 e. The van der Waals surface area contributed by atoms with E-state index in [9.17, 15) is 0 Å². The number of aliphatic hydroxyl groups is 1. The largest absolute Gasteiger partial charge is 0.500 e. The lowest BCUT2D eigenvalue weighted by Gasteiger charge is -2.28. The number of aliphatic hydroxyl groups excluding tert-OH is 1. The lowest BCUT2D eigenvalue weighted by Crippen LogP contribution is -2.45. The van der Waals surface area contributed by atoms with Crippen molar-refractivity contribution in [2.45, 2.75) is 239 Å². The molecule has 0 spiro atoms. The highest BCUT2D eigenvalue weighted by Crippen LogP contribution is 2.21. The summed E-state index contributed by atoms with van der Waals surface area (Å²) in [6.07, 6.45) is 46.4. The number of rotatable bonds is 41. The van der Waals surface area contributed by atoms with E-state index in [4.69, 9.17) is 18.4 Å². The van der Waals surface area contributed by atoms with Crippen LogP contribution in [-0.4, -0.2) is 40.3 Å². The first-order valence-electron chi connectivity index (χ1n) is 21.3. The molecule has 278 valence electrons. The summed E-state index contributed by atoms with van der Waals surface area (Å²) in [6.45, 7) is 8.55. The molecule has 0 radical (unpaired) electrons. The summed E-state index contributed by atoms with van der Waals surface area (Å²) in [4.78, 5) is 0. The molecule has 4 nitrogen and oxygen atoms in total. The van der Waals surface area contributed by atoms with Crippen molar-refractivity contribution in [1.82, 2.24) is 0 Å². The van der Waals surface area contributed by atoms with Crippen LogP contribution in [0.4, 0.5) is 0 Å². The molecule has 0 saturated carbocycles. The van der Waals surface area contributed by atoms with E-state index in [-0.39, 0.29) is 0 Å². The second-order valence-corrected chi connectivity index (χ2v) is 16.9. The molecular formula is C41H86O4Si. The predicted molar refractivity (Wildman–Crippen MR) is 205 cm³/mol. The van der Waals surface area contributed by atoms with Crippen LogP contribution in [0.3, 0.4) is 0 Å². The SMILES string of the molecule is CCO[Si](CCCCCCCCCCCCCCCCCCCCCCCCCCCCCCCCCCCO)(OCC)OCC. The van der Waals surface area contributed by atoms with E-state index in [0.717, 1.165) is 12.5 Å². The zero-order chi connectivity index (χ0) is 33.5. The van der Waals surface area contributed by atoms with Gasteiger partial charge in [0.2, 0.25) is 0 Å². The maximum absolute atomic E-state index is 8.80. The minimum absolute atomic E-state index is 0.370. The van der Waals surface area contributed by atoms with Crippen molar-refractivity contribution in [3.05, 3.63) is 0 Å². The average Bonchev–Trinajstić information content (AvgIpc) is 3.05. The van der Waals surface area contributed by atoms with Gasteiger partial charge in [0, 0.05) is 32.5 Å². The van der Waals surface area contributed by atoms with E-state index in [1.54, 1.807) is 0 Å². The van der Waals surface area contributed by atoms with Crippen molar-refractivity contribution in [3.8, 4) is 0 Å². The van der Waals surface area contributed by atoms with Gasteiger partial charge in [-0.3, -0.25) is 0 Å². The molecule has 0 aromatic carbocycles. The van der Waals surface area contributed by atoms with Crippen LogP contribution in [0.15, 0.2) is 0 Å². The Hall–Kier alpha value is 0.0569. The van der Waals surface area contributed by atoms with E-state index in [2.05, 4.69) is 0 Å². The van der Waals surface area contributed by atoms with Crippen LogP contribution in [0.25, 0.3) is 0 Å². The monoisotopic (exact) mass is 671 g/mol. The molecule has 46 heavy (non-hydrogen) atoms. The first-order valence-corrected chi connectivity index (χ1v) is 23.2. The number of unbranched alkanes of at least 4 members (excludes halogenated alkanes) is 32. The smallest absolute Gasteiger partial charge is 0.396 e. The Morgan fingerprint density at radius 3 is 0.630 bits per heavy atom. The van der Waals surface area contributed by atoms with Crippen molar-refractivity contribution in [2.75, 3.05) is 26.4 Å². The summed E-state index contributed by atoms with van der Waals surface area (Å²) in [6, 6.07) is 0.971. The van der Waals surface area contributed by atoms with E-state index in [1.807, 2.05) is 20.8 Å². The van der Waals surface area contributed by atoms with Crippen molar-refractivity contribution < 1.29 is 18.4 Å². The molecule has 0 rings (SSSR count). The fraction of sp³-hybridized carbons (Fsp3) is 1.00. The van der Waals surface area contributed by atoms with Gasteiger partial charge in [0.05, 0.1) is 0 Å². The lowest BCUT2D eigenvalue weighted by atomic mass is 10.0. The Bertz CT molecular complexity index is 530. The molecule has 0 saturated heterocycles. The Morgan fingerprint density at radius 1 is 0.283 bits per heavy atom. The van der Waals surface area contributed by atoms with Crippen LogP contribution in [0, 0.1) is 0 Å². The number of hydrogen-bond donors (Lipinski definition) is 1. The van der Waals surface area contributed by atoms with E-state index in [1.165, 1.54) is 205 Å². The summed E-state index contributed by atoms with van der Waals surface area (Å²) in [5.74, 6) is 0. The molecule has 0 aliphatic heterocycles.